The number of imide groups is 2. The lowest BCUT2D eigenvalue weighted by molar-refractivity contribution is -0.141. The molecule has 1 aromatic carbocycles. The molecule has 0 unspecified atom stereocenters. The first kappa shape index (κ1) is 30.2. The zero-order valence-corrected chi connectivity index (χ0v) is 24.8. The Kier molecular flexibility index (Phi) is 7.73. The molecule has 10 nitrogen and oxygen atoms in total. The SMILES string of the molecule is C[C@@]12C(=O)N(c3ccc(F)c(Cl)c3)C(=O)[C@@H]1C[C@@H]1C(=CC[C@@H]3C(=O)N(CCCCCC(=O)O)C(=O)[C@@H]31)[C@@H]2c1ccc(CO)o1. The predicted octanol–water partition coefficient (Wildman–Crippen LogP) is 4.44. The minimum Gasteiger partial charge on any atom is -0.481 e. The number of carboxylic acids is 1. The Morgan fingerprint density at radius 2 is 1.84 bits per heavy atom. The number of allylic oxidation sites excluding steroid dienone is 2. The van der Waals surface area contributed by atoms with Gasteiger partial charge in [-0.1, -0.05) is 29.7 Å². The van der Waals surface area contributed by atoms with Gasteiger partial charge in [0.2, 0.25) is 23.6 Å². The summed E-state index contributed by atoms with van der Waals surface area (Å²) in [5, 5.41) is 18.4. The molecule has 6 atom stereocenters. The average molecular weight is 627 g/mol. The summed E-state index contributed by atoms with van der Waals surface area (Å²) in [7, 11) is 0. The highest BCUT2D eigenvalue weighted by Gasteiger charge is 2.68. The predicted molar refractivity (Wildman–Crippen MR) is 153 cm³/mol. The maximum atomic E-state index is 14.3. The molecule has 44 heavy (non-hydrogen) atoms. The van der Waals surface area contributed by atoms with Gasteiger partial charge in [0, 0.05) is 13.0 Å². The molecule has 4 aliphatic rings. The van der Waals surface area contributed by atoms with E-state index in [9.17, 15) is 33.5 Å². The Morgan fingerprint density at radius 3 is 2.52 bits per heavy atom. The average Bonchev–Trinajstić information content (AvgIpc) is 3.61. The first-order valence-electron chi connectivity index (χ1n) is 14.8. The molecule has 1 saturated carbocycles. The maximum Gasteiger partial charge on any atom is 0.303 e. The summed E-state index contributed by atoms with van der Waals surface area (Å²) in [4.78, 5) is 68.8. The maximum absolute atomic E-state index is 14.3. The lowest BCUT2D eigenvalue weighted by atomic mass is 9.52. The Labute approximate surface area is 257 Å². The van der Waals surface area contributed by atoms with Gasteiger partial charge in [0.15, 0.2) is 0 Å². The van der Waals surface area contributed by atoms with Crippen molar-refractivity contribution < 1.29 is 43.0 Å². The van der Waals surface area contributed by atoms with E-state index in [1.807, 2.05) is 6.08 Å². The van der Waals surface area contributed by atoms with E-state index in [0.29, 0.717) is 25.0 Å². The van der Waals surface area contributed by atoms with Crippen molar-refractivity contribution in [3.8, 4) is 0 Å². The fraction of sp³-hybridized carbons (Fsp3) is 0.469. The van der Waals surface area contributed by atoms with Crippen molar-refractivity contribution in [2.45, 2.75) is 58.0 Å². The van der Waals surface area contributed by atoms with Crippen LogP contribution in [0.15, 0.2) is 46.4 Å². The molecule has 2 N–H and O–H groups in total. The fourth-order valence-corrected chi connectivity index (χ4v) is 8.00. The van der Waals surface area contributed by atoms with Gasteiger partial charge in [-0.05, 0) is 68.9 Å². The number of rotatable bonds is 9. The highest BCUT2D eigenvalue weighted by molar-refractivity contribution is 6.31. The molecule has 232 valence electrons. The molecule has 12 heteroatoms. The normalized spacial score (nSPS) is 29.5. The number of hydrogen-bond donors (Lipinski definition) is 2. The summed E-state index contributed by atoms with van der Waals surface area (Å²) in [6, 6.07) is 6.90. The standard InChI is InChI=1S/C32H32ClFN2O8/c1-32-21(29(41)36(31(32)43)16-6-10-23(34)22(33)13-16)14-20-18(27(32)24-11-7-17(15-37)44-24)8-9-19-26(20)30(42)35(28(19)40)12-4-2-3-5-25(38)39/h6-8,10-11,13,19-21,26-27,37H,2-5,9,12,14-15H2,1H3,(H,38,39)/t19-,20+,21-,26-,27+,32+/m0/s1. The molecule has 1 aromatic heterocycles. The second-order valence-electron chi connectivity index (χ2n) is 12.3. The van der Waals surface area contributed by atoms with E-state index in [4.69, 9.17) is 21.1 Å². The molecule has 0 bridgehead atoms. The quantitative estimate of drug-likeness (QED) is 0.236. The van der Waals surface area contributed by atoms with Crippen molar-refractivity contribution in [3.63, 3.8) is 0 Å². The number of unbranched alkanes of at least 4 members (excludes halogenated alkanes) is 2. The number of hydrogen-bond acceptors (Lipinski definition) is 7. The number of carboxylic acid groups (broad SMARTS) is 1. The number of aliphatic carboxylic acids is 1. The van der Waals surface area contributed by atoms with Gasteiger partial charge in [-0.15, -0.1) is 0 Å². The van der Waals surface area contributed by atoms with E-state index >= 15 is 0 Å². The number of nitrogens with zero attached hydrogens (tertiary/aromatic N) is 2. The highest BCUT2D eigenvalue weighted by atomic mass is 35.5. The summed E-state index contributed by atoms with van der Waals surface area (Å²) in [5.74, 6) is -6.10. The molecule has 0 spiro atoms. The van der Waals surface area contributed by atoms with Gasteiger partial charge in [-0.2, -0.15) is 0 Å². The Balaban J connectivity index is 1.37. The van der Waals surface area contributed by atoms with Gasteiger partial charge in [-0.25, -0.2) is 9.29 Å². The number of benzene rings is 1. The zero-order chi connectivity index (χ0) is 31.5. The van der Waals surface area contributed by atoms with E-state index in [2.05, 4.69) is 0 Å². The van der Waals surface area contributed by atoms with Gasteiger partial charge < -0.3 is 14.6 Å². The molecule has 6 rings (SSSR count). The van der Waals surface area contributed by atoms with Crippen molar-refractivity contribution in [1.82, 2.24) is 4.90 Å². The summed E-state index contributed by atoms with van der Waals surface area (Å²) >= 11 is 6.02. The van der Waals surface area contributed by atoms with E-state index in [1.54, 1.807) is 19.1 Å². The fourth-order valence-electron chi connectivity index (χ4n) is 7.83. The van der Waals surface area contributed by atoms with Crippen molar-refractivity contribution in [3.05, 3.63) is 64.3 Å². The number of anilines is 1. The molecule has 3 heterocycles. The van der Waals surface area contributed by atoms with Crippen LogP contribution in [-0.2, 0) is 30.6 Å². The number of carbonyl (C=O) groups excluding carboxylic acids is 4. The van der Waals surface area contributed by atoms with Crippen LogP contribution in [0.1, 0.15) is 62.9 Å². The van der Waals surface area contributed by atoms with E-state index in [0.717, 1.165) is 16.5 Å². The summed E-state index contributed by atoms with van der Waals surface area (Å²) in [6.45, 7) is 1.51. The monoisotopic (exact) mass is 626 g/mol. The first-order chi connectivity index (χ1) is 21.0. The second kappa shape index (κ2) is 11.3. The van der Waals surface area contributed by atoms with Gasteiger partial charge in [-0.3, -0.25) is 28.9 Å². The van der Waals surface area contributed by atoms with Crippen LogP contribution in [-0.4, -0.2) is 51.3 Å². The van der Waals surface area contributed by atoms with Crippen molar-refractivity contribution >= 4 is 46.9 Å². The van der Waals surface area contributed by atoms with E-state index in [1.165, 1.54) is 17.0 Å². The number of aliphatic hydroxyl groups excluding tert-OH is 1. The highest BCUT2D eigenvalue weighted by Crippen LogP contribution is 2.63. The molecule has 2 aliphatic carbocycles. The Morgan fingerprint density at radius 1 is 1.07 bits per heavy atom. The lowest BCUT2D eigenvalue weighted by Gasteiger charge is -2.48. The second-order valence-corrected chi connectivity index (χ2v) is 12.7. The van der Waals surface area contributed by atoms with Gasteiger partial charge in [0.05, 0.1) is 39.8 Å². The van der Waals surface area contributed by atoms with Crippen LogP contribution in [0.2, 0.25) is 5.02 Å². The number of amides is 4. The molecule has 4 amide bonds. The smallest absolute Gasteiger partial charge is 0.303 e. The molecule has 2 aromatic rings. The Hall–Kier alpha value is -3.83. The van der Waals surface area contributed by atoms with Gasteiger partial charge in [0.25, 0.3) is 0 Å². The number of aliphatic hydroxyl groups is 1. The van der Waals surface area contributed by atoms with Crippen molar-refractivity contribution in [1.29, 1.82) is 0 Å². The summed E-state index contributed by atoms with van der Waals surface area (Å²) in [6.07, 6.45) is 3.82. The van der Waals surface area contributed by atoms with E-state index in [-0.39, 0.29) is 60.7 Å². The molecular formula is C32H32ClFN2O8. The minimum absolute atomic E-state index is 0.0166. The summed E-state index contributed by atoms with van der Waals surface area (Å²) < 4.78 is 20.0. The van der Waals surface area contributed by atoms with Crippen LogP contribution in [0.25, 0.3) is 0 Å². The van der Waals surface area contributed by atoms with Crippen molar-refractivity contribution in [2.24, 2.45) is 29.1 Å². The third kappa shape index (κ3) is 4.59. The third-order valence-corrected chi connectivity index (χ3v) is 10.2. The summed E-state index contributed by atoms with van der Waals surface area (Å²) in [5.41, 5.74) is -0.464. The molecule has 2 saturated heterocycles. The van der Waals surface area contributed by atoms with Crippen LogP contribution >= 0.6 is 11.6 Å². The van der Waals surface area contributed by atoms with Crippen LogP contribution in [0.3, 0.4) is 0 Å². The lowest BCUT2D eigenvalue weighted by Crippen LogP contribution is -2.48. The van der Waals surface area contributed by atoms with Crippen LogP contribution in [0, 0.1) is 34.9 Å². The van der Waals surface area contributed by atoms with Crippen LogP contribution in [0.4, 0.5) is 10.1 Å². The zero-order valence-electron chi connectivity index (χ0n) is 24.0. The third-order valence-electron chi connectivity index (χ3n) is 9.92. The molecule has 2 aliphatic heterocycles. The van der Waals surface area contributed by atoms with Crippen molar-refractivity contribution in [2.75, 3.05) is 11.4 Å². The number of fused-ring (bicyclic) bond motifs is 4. The van der Waals surface area contributed by atoms with Crippen LogP contribution < -0.4 is 4.90 Å². The minimum atomic E-state index is -1.34. The van der Waals surface area contributed by atoms with Crippen LogP contribution in [0.5, 0.6) is 0 Å². The topological polar surface area (TPSA) is 145 Å². The molecule has 0 radical (unpaired) electrons. The first-order valence-corrected chi connectivity index (χ1v) is 15.2. The largest absolute Gasteiger partial charge is 0.481 e. The number of likely N-dealkylation sites (tertiary alicyclic amines) is 1. The van der Waals surface area contributed by atoms with E-state index < -0.39 is 58.6 Å². The molecule has 3 fully saturated rings. The number of carbonyl (C=O) groups is 5. The Bertz CT molecular complexity index is 1600. The van der Waals surface area contributed by atoms with Gasteiger partial charge >= 0.3 is 5.97 Å². The number of furan rings is 1. The van der Waals surface area contributed by atoms with Gasteiger partial charge in [0.1, 0.15) is 23.9 Å². The molecular weight excluding hydrogens is 595 g/mol. The number of halogens is 2.